The van der Waals surface area contributed by atoms with E-state index < -0.39 is 11.9 Å². The maximum Gasteiger partial charge on any atom is 0.253 e. The highest BCUT2D eigenvalue weighted by Gasteiger charge is 2.18. The SMILES string of the molecule is Cc1cc(Cl)c(CC(N)C(=O)N(C)N)cc1F. The summed E-state index contributed by atoms with van der Waals surface area (Å²) in [5.41, 5.74) is 6.61. The largest absolute Gasteiger partial charge is 0.320 e. The van der Waals surface area contributed by atoms with Gasteiger partial charge in [-0.15, -0.1) is 0 Å². The Balaban J connectivity index is 2.89. The number of aryl methyl sites for hydroxylation is 1. The average molecular weight is 260 g/mol. The molecule has 0 bridgehead atoms. The smallest absolute Gasteiger partial charge is 0.253 e. The van der Waals surface area contributed by atoms with Gasteiger partial charge >= 0.3 is 0 Å². The van der Waals surface area contributed by atoms with E-state index in [1.807, 2.05) is 0 Å². The minimum Gasteiger partial charge on any atom is -0.320 e. The summed E-state index contributed by atoms with van der Waals surface area (Å²) in [6, 6.07) is 1.97. The van der Waals surface area contributed by atoms with E-state index in [4.69, 9.17) is 23.2 Å². The first kappa shape index (κ1) is 13.9. The van der Waals surface area contributed by atoms with Crippen LogP contribution >= 0.6 is 11.6 Å². The van der Waals surface area contributed by atoms with Gasteiger partial charge < -0.3 is 5.73 Å². The van der Waals surface area contributed by atoms with E-state index in [1.54, 1.807) is 6.92 Å². The number of benzene rings is 1. The molecule has 0 saturated heterocycles. The molecule has 0 aliphatic carbocycles. The lowest BCUT2D eigenvalue weighted by Gasteiger charge is -2.17. The molecule has 0 aromatic heterocycles. The summed E-state index contributed by atoms with van der Waals surface area (Å²) < 4.78 is 13.3. The van der Waals surface area contributed by atoms with Crippen molar-refractivity contribution in [2.24, 2.45) is 11.6 Å². The number of carbonyl (C=O) groups excluding carboxylic acids is 1. The Bertz CT molecular complexity index is 437. The first-order valence-corrected chi connectivity index (χ1v) is 5.43. The molecule has 17 heavy (non-hydrogen) atoms. The zero-order chi connectivity index (χ0) is 13.2. The number of hydrogen-bond donors (Lipinski definition) is 2. The van der Waals surface area contributed by atoms with Gasteiger partial charge in [-0.2, -0.15) is 0 Å². The van der Waals surface area contributed by atoms with Crippen molar-refractivity contribution < 1.29 is 9.18 Å². The molecule has 0 aliphatic rings. The fourth-order valence-electron chi connectivity index (χ4n) is 1.43. The van der Waals surface area contributed by atoms with Crippen LogP contribution in [0.2, 0.25) is 5.02 Å². The van der Waals surface area contributed by atoms with E-state index in [9.17, 15) is 9.18 Å². The maximum atomic E-state index is 13.3. The summed E-state index contributed by atoms with van der Waals surface area (Å²) in [6.07, 6.45) is 0.149. The molecule has 0 spiro atoms. The van der Waals surface area contributed by atoms with Crippen LogP contribution in [0.5, 0.6) is 0 Å². The topological polar surface area (TPSA) is 72.4 Å². The number of nitrogens with two attached hydrogens (primary N) is 2. The van der Waals surface area contributed by atoms with Crippen LogP contribution in [0.25, 0.3) is 0 Å². The third-order valence-corrected chi connectivity index (χ3v) is 2.78. The molecule has 0 heterocycles. The Morgan fingerprint density at radius 1 is 1.59 bits per heavy atom. The molecular weight excluding hydrogens is 245 g/mol. The molecule has 6 heteroatoms. The molecule has 1 aromatic rings. The molecule has 0 fully saturated rings. The second-order valence-electron chi connectivity index (χ2n) is 3.95. The minimum atomic E-state index is -0.829. The van der Waals surface area contributed by atoms with Crippen LogP contribution in [0.4, 0.5) is 4.39 Å². The maximum absolute atomic E-state index is 13.3. The molecule has 1 aromatic carbocycles. The van der Waals surface area contributed by atoms with Gasteiger partial charge in [0.2, 0.25) is 0 Å². The average Bonchev–Trinajstić information content (AvgIpc) is 2.24. The molecule has 0 aliphatic heterocycles. The van der Waals surface area contributed by atoms with Crippen LogP contribution in [0.1, 0.15) is 11.1 Å². The second kappa shape index (κ2) is 5.44. The number of likely N-dealkylation sites (N-methyl/N-ethyl adjacent to an activating group) is 1. The molecule has 1 rings (SSSR count). The van der Waals surface area contributed by atoms with Gasteiger partial charge in [-0.25, -0.2) is 10.2 Å². The Kier molecular flexibility index (Phi) is 4.45. The van der Waals surface area contributed by atoms with Gasteiger partial charge in [0.1, 0.15) is 5.82 Å². The van der Waals surface area contributed by atoms with Crippen molar-refractivity contribution in [2.75, 3.05) is 7.05 Å². The van der Waals surface area contributed by atoms with Crippen LogP contribution in [0, 0.1) is 12.7 Å². The highest BCUT2D eigenvalue weighted by Crippen LogP contribution is 2.21. The highest BCUT2D eigenvalue weighted by atomic mass is 35.5. The van der Waals surface area contributed by atoms with Crippen molar-refractivity contribution in [3.8, 4) is 0 Å². The third-order valence-electron chi connectivity index (χ3n) is 2.43. The van der Waals surface area contributed by atoms with E-state index in [1.165, 1.54) is 19.2 Å². The van der Waals surface area contributed by atoms with Crippen LogP contribution in [0.15, 0.2) is 12.1 Å². The Hall–Kier alpha value is -1.17. The zero-order valence-electron chi connectivity index (χ0n) is 9.71. The molecule has 94 valence electrons. The van der Waals surface area contributed by atoms with Crippen LogP contribution in [-0.2, 0) is 11.2 Å². The van der Waals surface area contributed by atoms with Gasteiger partial charge in [0.05, 0.1) is 6.04 Å². The third kappa shape index (κ3) is 3.39. The Labute approximate surface area is 104 Å². The number of hydrogen-bond acceptors (Lipinski definition) is 3. The first-order chi connectivity index (χ1) is 7.82. The Morgan fingerprint density at radius 3 is 2.71 bits per heavy atom. The predicted molar refractivity (Wildman–Crippen MR) is 64.8 cm³/mol. The normalized spacial score (nSPS) is 12.4. The molecule has 1 amide bonds. The summed E-state index contributed by atoms with van der Waals surface area (Å²) >= 11 is 5.95. The number of hydrazine groups is 1. The van der Waals surface area contributed by atoms with Gasteiger partial charge in [-0.05, 0) is 36.6 Å². The van der Waals surface area contributed by atoms with Crippen LogP contribution < -0.4 is 11.6 Å². The molecule has 0 saturated carbocycles. The summed E-state index contributed by atoms with van der Waals surface area (Å²) in [4.78, 5) is 11.4. The van der Waals surface area contributed by atoms with Gasteiger partial charge in [-0.3, -0.25) is 9.80 Å². The van der Waals surface area contributed by atoms with E-state index >= 15 is 0 Å². The fourth-order valence-corrected chi connectivity index (χ4v) is 1.73. The van der Waals surface area contributed by atoms with Gasteiger partial charge in [-0.1, -0.05) is 11.6 Å². The second-order valence-corrected chi connectivity index (χ2v) is 4.36. The number of carbonyl (C=O) groups is 1. The van der Waals surface area contributed by atoms with Crippen molar-refractivity contribution in [3.05, 3.63) is 34.1 Å². The molecule has 4 N–H and O–H groups in total. The lowest BCUT2D eigenvalue weighted by Crippen LogP contribution is -2.46. The van der Waals surface area contributed by atoms with Gasteiger partial charge in [0.15, 0.2) is 0 Å². The zero-order valence-corrected chi connectivity index (χ0v) is 10.5. The molecule has 0 radical (unpaired) electrons. The molecule has 4 nitrogen and oxygen atoms in total. The molecular formula is C11H15ClFN3O. The number of rotatable bonds is 3. The van der Waals surface area contributed by atoms with E-state index in [0.717, 1.165) is 5.01 Å². The van der Waals surface area contributed by atoms with Crippen molar-refractivity contribution in [1.29, 1.82) is 0 Å². The highest BCUT2D eigenvalue weighted by molar-refractivity contribution is 6.31. The molecule has 1 unspecified atom stereocenters. The summed E-state index contributed by atoms with van der Waals surface area (Å²) in [5.74, 6) is 4.48. The van der Waals surface area contributed by atoms with Crippen molar-refractivity contribution in [3.63, 3.8) is 0 Å². The first-order valence-electron chi connectivity index (χ1n) is 5.05. The predicted octanol–water partition coefficient (Wildman–Crippen LogP) is 0.989. The van der Waals surface area contributed by atoms with E-state index in [2.05, 4.69) is 0 Å². The van der Waals surface area contributed by atoms with Crippen molar-refractivity contribution in [1.82, 2.24) is 5.01 Å². The van der Waals surface area contributed by atoms with E-state index in [0.29, 0.717) is 16.1 Å². The standard InChI is InChI=1S/C11H15ClFN3O/c1-6-3-8(12)7(4-9(6)13)5-10(14)11(17)16(2)15/h3-4,10H,5,14-15H2,1-2H3. The van der Waals surface area contributed by atoms with Gasteiger partial charge in [0.25, 0.3) is 5.91 Å². The molecule has 1 atom stereocenters. The van der Waals surface area contributed by atoms with Crippen LogP contribution in [-0.4, -0.2) is 24.0 Å². The summed E-state index contributed by atoms with van der Waals surface area (Å²) in [5, 5.41) is 1.30. The summed E-state index contributed by atoms with van der Waals surface area (Å²) in [6.45, 7) is 1.61. The number of amides is 1. The number of nitrogens with zero attached hydrogens (tertiary/aromatic N) is 1. The number of halogens is 2. The monoisotopic (exact) mass is 259 g/mol. The summed E-state index contributed by atoms with van der Waals surface area (Å²) in [7, 11) is 1.40. The van der Waals surface area contributed by atoms with Gasteiger partial charge in [0, 0.05) is 12.1 Å². The lowest BCUT2D eigenvalue weighted by atomic mass is 10.0. The van der Waals surface area contributed by atoms with Crippen molar-refractivity contribution >= 4 is 17.5 Å². The van der Waals surface area contributed by atoms with Crippen molar-refractivity contribution in [2.45, 2.75) is 19.4 Å². The Morgan fingerprint density at radius 2 is 2.18 bits per heavy atom. The lowest BCUT2D eigenvalue weighted by molar-refractivity contribution is -0.131. The minimum absolute atomic E-state index is 0.149. The quantitative estimate of drug-likeness (QED) is 0.483. The fraction of sp³-hybridized carbons (Fsp3) is 0.364. The van der Waals surface area contributed by atoms with Crippen LogP contribution in [0.3, 0.4) is 0 Å². The van der Waals surface area contributed by atoms with E-state index in [-0.39, 0.29) is 12.2 Å².